The number of ether oxygens (including phenoxy) is 1. The molecular weight excluding hydrogens is 276 g/mol. The molecule has 0 bridgehead atoms. The predicted molar refractivity (Wildman–Crippen MR) is 87.4 cm³/mol. The van der Waals surface area contributed by atoms with Crippen LogP contribution in [-0.2, 0) is 12.8 Å². The van der Waals surface area contributed by atoms with Gasteiger partial charge in [-0.25, -0.2) is 9.97 Å². The van der Waals surface area contributed by atoms with Crippen LogP contribution in [-0.4, -0.2) is 36.2 Å². The van der Waals surface area contributed by atoms with Crippen molar-refractivity contribution in [3.05, 3.63) is 47.4 Å². The highest BCUT2D eigenvalue weighted by Crippen LogP contribution is 2.28. The lowest BCUT2D eigenvalue weighted by molar-refractivity contribution is 0.239. The Morgan fingerprint density at radius 2 is 2.14 bits per heavy atom. The van der Waals surface area contributed by atoms with Crippen molar-refractivity contribution < 1.29 is 4.74 Å². The Bertz CT molecular complexity index is 634. The van der Waals surface area contributed by atoms with E-state index in [1.807, 2.05) is 32.2 Å². The van der Waals surface area contributed by atoms with Crippen LogP contribution in [0.3, 0.4) is 0 Å². The summed E-state index contributed by atoms with van der Waals surface area (Å²) in [6, 6.07) is 10.2. The Balaban J connectivity index is 1.69. The van der Waals surface area contributed by atoms with Gasteiger partial charge in [-0.3, -0.25) is 0 Å². The van der Waals surface area contributed by atoms with Crippen molar-refractivity contribution in [1.82, 2.24) is 9.97 Å². The summed E-state index contributed by atoms with van der Waals surface area (Å²) in [7, 11) is 2.04. The Hall–Kier alpha value is -2.14. The molecule has 2 N–H and O–H groups in total. The first-order valence-electron chi connectivity index (χ1n) is 7.66. The van der Waals surface area contributed by atoms with Crippen LogP contribution in [0.2, 0.25) is 0 Å². The summed E-state index contributed by atoms with van der Waals surface area (Å²) in [5, 5.41) is 0. The van der Waals surface area contributed by atoms with E-state index < -0.39 is 0 Å². The number of nitrogens with zero attached hydrogens (tertiary/aromatic N) is 3. The first-order valence-corrected chi connectivity index (χ1v) is 7.66. The molecule has 1 atom stereocenters. The Morgan fingerprint density at radius 1 is 1.32 bits per heavy atom. The smallest absolute Gasteiger partial charge is 0.132 e. The zero-order chi connectivity index (χ0) is 15.5. The third-order valence-electron chi connectivity index (χ3n) is 3.86. The molecule has 116 valence electrons. The van der Waals surface area contributed by atoms with Crippen molar-refractivity contribution in [3.8, 4) is 5.75 Å². The van der Waals surface area contributed by atoms with Crippen molar-refractivity contribution in [3.63, 3.8) is 0 Å². The quantitative estimate of drug-likeness (QED) is 0.910. The minimum atomic E-state index is 0.163. The molecule has 0 saturated heterocycles. The van der Waals surface area contributed by atoms with E-state index in [0.717, 1.165) is 42.5 Å². The fraction of sp³-hybridized carbons (Fsp3) is 0.412. The highest BCUT2D eigenvalue weighted by molar-refractivity contribution is 5.41. The van der Waals surface area contributed by atoms with Crippen LogP contribution in [0.25, 0.3) is 0 Å². The zero-order valence-electron chi connectivity index (χ0n) is 13.1. The van der Waals surface area contributed by atoms with E-state index >= 15 is 0 Å². The van der Waals surface area contributed by atoms with Gasteiger partial charge in [0.15, 0.2) is 0 Å². The second-order valence-electron chi connectivity index (χ2n) is 5.74. The standard InChI is InChI=1S/C17H22N4O/c1-12-19-14(7-8-18)10-17(20-12)21(2)11-15-9-13-5-3-4-6-16(13)22-15/h3-6,10,15H,7-9,11,18H2,1-2H3. The highest BCUT2D eigenvalue weighted by Gasteiger charge is 2.24. The van der Waals surface area contributed by atoms with Gasteiger partial charge in [-0.2, -0.15) is 0 Å². The summed E-state index contributed by atoms with van der Waals surface area (Å²) in [6.45, 7) is 3.31. The molecule has 2 aromatic rings. The summed E-state index contributed by atoms with van der Waals surface area (Å²) in [5.41, 5.74) is 7.90. The molecule has 0 spiro atoms. The number of para-hydroxylation sites is 1. The molecule has 5 heteroatoms. The van der Waals surface area contributed by atoms with Gasteiger partial charge in [-0.05, 0) is 25.1 Å². The van der Waals surface area contributed by atoms with Crippen LogP contribution in [0.15, 0.2) is 30.3 Å². The van der Waals surface area contributed by atoms with Gasteiger partial charge in [0.2, 0.25) is 0 Å². The third-order valence-corrected chi connectivity index (χ3v) is 3.86. The van der Waals surface area contributed by atoms with Crippen molar-refractivity contribution in [2.75, 3.05) is 25.0 Å². The molecule has 0 aliphatic carbocycles. The van der Waals surface area contributed by atoms with Gasteiger partial charge in [-0.15, -0.1) is 0 Å². The second-order valence-corrected chi connectivity index (χ2v) is 5.74. The van der Waals surface area contributed by atoms with Crippen molar-refractivity contribution in [1.29, 1.82) is 0 Å². The Morgan fingerprint density at radius 3 is 2.91 bits per heavy atom. The van der Waals surface area contributed by atoms with Gasteiger partial charge in [0.25, 0.3) is 0 Å². The number of nitrogens with two attached hydrogens (primary N) is 1. The summed E-state index contributed by atoms with van der Waals surface area (Å²) in [5.74, 6) is 2.71. The van der Waals surface area contributed by atoms with Crippen molar-refractivity contribution >= 4 is 5.82 Å². The molecule has 0 saturated carbocycles. The fourth-order valence-corrected chi connectivity index (χ4v) is 2.84. The lowest BCUT2D eigenvalue weighted by atomic mass is 10.1. The van der Waals surface area contributed by atoms with Gasteiger partial charge < -0.3 is 15.4 Å². The number of rotatable bonds is 5. The monoisotopic (exact) mass is 298 g/mol. The number of anilines is 1. The summed E-state index contributed by atoms with van der Waals surface area (Å²) < 4.78 is 6.00. The van der Waals surface area contributed by atoms with E-state index in [2.05, 4.69) is 27.0 Å². The minimum Gasteiger partial charge on any atom is -0.488 e. The van der Waals surface area contributed by atoms with E-state index in [4.69, 9.17) is 10.5 Å². The van der Waals surface area contributed by atoms with Crippen LogP contribution in [0.5, 0.6) is 5.75 Å². The van der Waals surface area contributed by atoms with Crippen LogP contribution in [0.1, 0.15) is 17.1 Å². The summed E-state index contributed by atoms with van der Waals surface area (Å²) >= 11 is 0. The number of hydrogen-bond donors (Lipinski definition) is 1. The van der Waals surface area contributed by atoms with E-state index in [-0.39, 0.29) is 6.10 Å². The molecular formula is C17H22N4O. The van der Waals surface area contributed by atoms with Gasteiger partial charge in [0, 0.05) is 31.6 Å². The molecule has 0 amide bonds. The van der Waals surface area contributed by atoms with Crippen LogP contribution in [0.4, 0.5) is 5.82 Å². The van der Waals surface area contributed by atoms with Gasteiger partial charge in [-0.1, -0.05) is 18.2 Å². The van der Waals surface area contributed by atoms with Gasteiger partial charge in [0.05, 0.1) is 6.54 Å². The van der Waals surface area contributed by atoms with E-state index in [1.165, 1.54) is 5.56 Å². The van der Waals surface area contributed by atoms with Gasteiger partial charge in [0.1, 0.15) is 23.5 Å². The highest BCUT2D eigenvalue weighted by atomic mass is 16.5. The molecule has 2 heterocycles. The number of aromatic nitrogens is 2. The minimum absolute atomic E-state index is 0.163. The average Bonchev–Trinajstić information content (AvgIpc) is 2.89. The number of fused-ring (bicyclic) bond motifs is 1. The van der Waals surface area contributed by atoms with Crippen LogP contribution < -0.4 is 15.4 Å². The molecule has 22 heavy (non-hydrogen) atoms. The molecule has 1 aliphatic heterocycles. The molecule has 0 radical (unpaired) electrons. The maximum absolute atomic E-state index is 6.00. The lowest BCUT2D eigenvalue weighted by Crippen LogP contribution is -2.32. The zero-order valence-corrected chi connectivity index (χ0v) is 13.1. The Labute approximate surface area is 131 Å². The SMILES string of the molecule is Cc1nc(CCN)cc(N(C)CC2Cc3ccccc3O2)n1. The molecule has 1 aromatic heterocycles. The summed E-state index contributed by atoms with van der Waals surface area (Å²) in [4.78, 5) is 11.1. The number of benzene rings is 1. The fourth-order valence-electron chi connectivity index (χ4n) is 2.84. The van der Waals surface area contributed by atoms with Gasteiger partial charge >= 0.3 is 0 Å². The van der Waals surface area contributed by atoms with E-state index in [0.29, 0.717) is 6.54 Å². The number of hydrogen-bond acceptors (Lipinski definition) is 5. The largest absolute Gasteiger partial charge is 0.488 e. The normalized spacial score (nSPS) is 16.2. The first kappa shape index (κ1) is 14.8. The molecule has 3 rings (SSSR count). The molecule has 1 unspecified atom stereocenters. The molecule has 5 nitrogen and oxygen atoms in total. The first-order chi connectivity index (χ1) is 10.7. The van der Waals surface area contributed by atoms with Crippen LogP contribution >= 0.6 is 0 Å². The topological polar surface area (TPSA) is 64.3 Å². The number of aryl methyl sites for hydroxylation is 1. The maximum atomic E-state index is 6.00. The Kier molecular flexibility index (Phi) is 4.24. The maximum Gasteiger partial charge on any atom is 0.132 e. The van der Waals surface area contributed by atoms with Crippen LogP contribution in [0, 0.1) is 6.92 Å². The average molecular weight is 298 g/mol. The molecule has 1 aliphatic rings. The predicted octanol–water partition coefficient (Wildman–Crippen LogP) is 1.73. The second kappa shape index (κ2) is 6.32. The number of likely N-dealkylation sites (N-methyl/N-ethyl adjacent to an activating group) is 1. The molecule has 0 fully saturated rings. The van der Waals surface area contributed by atoms with Crippen molar-refractivity contribution in [2.24, 2.45) is 5.73 Å². The molecule has 1 aromatic carbocycles. The third kappa shape index (κ3) is 3.20. The van der Waals surface area contributed by atoms with Crippen molar-refractivity contribution in [2.45, 2.75) is 25.9 Å². The van der Waals surface area contributed by atoms with E-state index in [9.17, 15) is 0 Å². The summed E-state index contributed by atoms with van der Waals surface area (Å²) in [6.07, 6.45) is 1.88. The lowest BCUT2D eigenvalue weighted by Gasteiger charge is -2.22. The van der Waals surface area contributed by atoms with E-state index in [1.54, 1.807) is 0 Å².